The molecule has 1 aromatic heterocycles. The Bertz CT molecular complexity index is 693. The van der Waals surface area contributed by atoms with Gasteiger partial charge in [-0.1, -0.05) is 11.6 Å². The van der Waals surface area contributed by atoms with Crippen molar-refractivity contribution in [1.82, 2.24) is 4.57 Å². The zero-order valence-electron chi connectivity index (χ0n) is 12.1. The highest BCUT2D eigenvalue weighted by Crippen LogP contribution is 2.27. The van der Waals surface area contributed by atoms with Crippen LogP contribution in [0.2, 0.25) is 0 Å². The Morgan fingerprint density at radius 2 is 2.15 bits per heavy atom. The molecule has 0 atom stereocenters. The molecule has 0 aliphatic carbocycles. The summed E-state index contributed by atoms with van der Waals surface area (Å²) in [6, 6.07) is 8.20. The normalized spacial score (nSPS) is 10.5. The Balaban J connectivity index is 2.66. The maximum Gasteiger partial charge on any atom is 0.355 e. The Labute approximate surface area is 118 Å². The lowest BCUT2D eigenvalue weighted by atomic mass is 10.1. The number of hydrogen-bond acceptors (Lipinski definition) is 3. The Morgan fingerprint density at radius 1 is 1.40 bits per heavy atom. The number of fused-ring (bicyclic) bond motifs is 1. The van der Waals surface area contributed by atoms with E-state index in [2.05, 4.69) is 12.1 Å². The highest BCUT2D eigenvalue weighted by Gasteiger charge is 2.20. The van der Waals surface area contributed by atoms with E-state index in [9.17, 15) is 4.79 Å². The van der Waals surface area contributed by atoms with Crippen molar-refractivity contribution in [1.29, 1.82) is 5.26 Å². The number of hydrogen-bond donors (Lipinski definition) is 0. The molecule has 104 valence electrons. The van der Waals surface area contributed by atoms with E-state index in [4.69, 9.17) is 10.00 Å². The minimum Gasteiger partial charge on any atom is -0.461 e. The number of esters is 1. The molecule has 0 fully saturated rings. The first-order valence-corrected chi connectivity index (χ1v) is 6.73. The van der Waals surface area contributed by atoms with Crippen molar-refractivity contribution in [3.05, 3.63) is 35.0 Å². The van der Waals surface area contributed by atoms with Crippen LogP contribution in [0, 0.1) is 25.2 Å². The summed E-state index contributed by atoms with van der Waals surface area (Å²) in [4.78, 5) is 12.2. The van der Waals surface area contributed by atoms with Crippen molar-refractivity contribution >= 4 is 16.9 Å². The van der Waals surface area contributed by atoms with Crippen LogP contribution in [0.3, 0.4) is 0 Å². The topological polar surface area (TPSA) is 55.0 Å². The van der Waals surface area contributed by atoms with Crippen LogP contribution < -0.4 is 0 Å². The summed E-state index contributed by atoms with van der Waals surface area (Å²) in [6.45, 7) is 6.58. The van der Waals surface area contributed by atoms with Gasteiger partial charge in [0.2, 0.25) is 0 Å². The second-order valence-corrected chi connectivity index (χ2v) is 4.77. The van der Waals surface area contributed by atoms with Crippen molar-refractivity contribution in [2.45, 2.75) is 33.7 Å². The number of carbonyl (C=O) groups excluding carboxylic acids is 1. The number of ether oxygens (including phenoxy) is 1. The molecule has 2 rings (SSSR count). The molecule has 0 aliphatic rings. The minimum atomic E-state index is -0.322. The average molecular weight is 270 g/mol. The largest absolute Gasteiger partial charge is 0.461 e. The molecular formula is C16H18N2O2. The smallest absolute Gasteiger partial charge is 0.355 e. The van der Waals surface area contributed by atoms with E-state index < -0.39 is 0 Å². The molecule has 2 aromatic rings. The molecule has 4 nitrogen and oxygen atoms in total. The van der Waals surface area contributed by atoms with Gasteiger partial charge < -0.3 is 9.30 Å². The predicted octanol–water partition coefficient (Wildman–Crippen LogP) is 3.35. The third kappa shape index (κ3) is 2.39. The second-order valence-electron chi connectivity index (χ2n) is 4.77. The highest BCUT2D eigenvalue weighted by molar-refractivity contribution is 5.99. The van der Waals surface area contributed by atoms with Gasteiger partial charge in [-0.2, -0.15) is 5.26 Å². The Kier molecular flexibility index (Phi) is 4.09. The molecular weight excluding hydrogens is 252 g/mol. The molecule has 0 saturated carbocycles. The third-order valence-electron chi connectivity index (χ3n) is 3.39. The molecule has 0 aliphatic heterocycles. The van der Waals surface area contributed by atoms with Crippen LogP contribution in [0.4, 0.5) is 0 Å². The second kappa shape index (κ2) is 5.79. The fraction of sp³-hybridized carbons (Fsp3) is 0.375. The average Bonchev–Trinajstić information content (AvgIpc) is 2.69. The van der Waals surface area contributed by atoms with Crippen LogP contribution in [0.25, 0.3) is 10.9 Å². The van der Waals surface area contributed by atoms with Gasteiger partial charge in [-0.15, -0.1) is 0 Å². The monoisotopic (exact) mass is 270 g/mol. The standard InChI is InChI=1S/C16H18N2O2/c1-4-20-16(19)15-12(3)13-10-11(2)6-7-14(13)18(15)9-5-8-17/h6-7,10H,4-5,9H2,1-3H3. The summed E-state index contributed by atoms with van der Waals surface area (Å²) in [5.74, 6) is -0.322. The predicted molar refractivity (Wildman–Crippen MR) is 77.6 cm³/mol. The van der Waals surface area contributed by atoms with Crippen LogP contribution in [0.5, 0.6) is 0 Å². The van der Waals surface area contributed by atoms with Crippen molar-refractivity contribution in [2.24, 2.45) is 0 Å². The van der Waals surface area contributed by atoms with Crippen molar-refractivity contribution in [3.63, 3.8) is 0 Å². The van der Waals surface area contributed by atoms with Crippen LogP contribution in [0.15, 0.2) is 18.2 Å². The lowest BCUT2D eigenvalue weighted by Crippen LogP contribution is -2.13. The van der Waals surface area contributed by atoms with Gasteiger partial charge in [-0.25, -0.2) is 4.79 Å². The van der Waals surface area contributed by atoms with E-state index in [0.29, 0.717) is 25.3 Å². The van der Waals surface area contributed by atoms with Gasteiger partial charge >= 0.3 is 5.97 Å². The lowest BCUT2D eigenvalue weighted by Gasteiger charge is -2.08. The number of carbonyl (C=O) groups is 1. The van der Waals surface area contributed by atoms with Gasteiger partial charge in [0.25, 0.3) is 0 Å². The third-order valence-corrected chi connectivity index (χ3v) is 3.39. The van der Waals surface area contributed by atoms with Crippen molar-refractivity contribution in [3.8, 4) is 6.07 Å². The van der Waals surface area contributed by atoms with E-state index >= 15 is 0 Å². The van der Waals surface area contributed by atoms with Crippen LogP contribution in [-0.2, 0) is 11.3 Å². The van der Waals surface area contributed by atoms with Gasteiger partial charge in [0.1, 0.15) is 5.69 Å². The van der Waals surface area contributed by atoms with Crippen LogP contribution in [-0.4, -0.2) is 17.1 Å². The van der Waals surface area contributed by atoms with Gasteiger partial charge in [-0.05, 0) is 38.5 Å². The number of rotatable bonds is 4. The van der Waals surface area contributed by atoms with E-state index in [0.717, 1.165) is 22.0 Å². The number of benzene rings is 1. The first kappa shape index (κ1) is 14.1. The fourth-order valence-electron chi connectivity index (χ4n) is 2.49. The van der Waals surface area contributed by atoms with Gasteiger partial charge in [-0.3, -0.25) is 0 Å². The fourth-order valence-corrected chi connectivity index (χ4v) is 2.49. The molecule has 1 heterocycles. The van der Waals surface area contributed by atoms with E-state index in [1.165, 1.54) is 0 Å². The highest BCUT2D eigenvalue weighted by atomic mass is 16.5. The molecule has 0 radical (unpaired) electrons. The van der Waals surface area contributed by atoms with Gasteiger partial charge in [0.05, 0.1) is 19.1 Å². The Morgan fingerprint density at radius 3 is 2.80 bits per heavy atom. The van der Waals surface area contributed by atoms with E-state index in [1.807, 2.05) is 30.5 Å². The number of aryl methyl sites for hydroxylation is 3. The molecule has 0 bridgehead atoms. The molecule has 0 N–H and O–H groups in total. The van der Waals surface area contributed by atoms with Crippen molar-refractivity contribution in [2.75, 3.05) is 6.61 Å². The maximum atomic E-state index is 12.2. The summed E-state index contributed by atoms with van der Waals surface area (Å²) >= 11 is 0. The zero-order chi connectivity index (χ0) is 14.7. The first-order valence-electron chi connectivity index (χ1n) is 6.73. The summed E-state index contributed by atoms with van der Waals surface area (Å²) in [5.41, 5.74) is 3.60. The molecule has 0 amide bonds. The quantitative estimate of drug-likeness (QED) is 0.800. The summed E-state index contributed by atoms with van der Waals surface area (Å²) in [6.07, 6.45) is 0.365. The summed E-state index contributed by atoms with van der Waals surface area (Å²) < 4.78 is 7.04. The van der Waals surface area contributed by atoms with Gasteiger partial charge in [0.15, 0.2) is 0 Å². The van der Waals surface area contributed by atoms with E-state index in [-0.39, 0.29) is 5.97 Å². The van der Waals surface area contributed by atoms with Crippen LogP contribution in [0.1, 0.15) is 35.0 Å². The molecule has 0 unspecified atom stereocenters. The molecule has 4 heteroatoms. The maximum absolute atomic E-state index is 12.2. The number of nitrogens with zero attached hydrogens (tertiary/aromatic N) is 2. The SMILES string of the molecule is CCOC(=O)c1c(C)c2cc(C)ccc2n1CCC#N. The Hall–Kier alpha value is -2.28. The molecule has 0 saturated heterocycles. The molecule has 20 heavy (non-hydrogen) atoms. The summed E-state index contributed by atoms with van der Waals surface area (Å²) in [5, 5.41) is 9.85. The van der Waals surface area contributed by atoms with E-state index in [1.54, 1.807) is 6.92 Å². The number of nitriles is 1. The first-order chi connectivity index (χ1) is 9.60. The molecule has 1 aromatic carbocycles. The lowest BCUT2D eigenvalue weighted by molar-refractivity contribution is 0.0513. The summed E-state index contributed by atoms with van der Waals surface area (Å²) in [7, 11) is 0. The molecule has 0 spiro atoms. The van der Waals surface area contributed by atoms with Crippen LogP contribution >= 0.6 is 0 Å². The minimum absolute atomic E-state index is 0.322. The zero-order valence-corrected chi connectivity index (χ0v) is 12.1. The van der Waals surface area contributed by atoms with Crippen molar-refractivity contribution < 1.29 is 9.53 Å². The van der Waals surface area contributed by atoms with Gasteiger partial charge in [0, 0.05) is 17.4 Å². The number of aromatic nitrogens is 1.